The number of esters is 1. The van der Waals surface area contributed by atoms with Crippen molar-refractivity contribution in [3.05, 3.63) is 35.4 Å². The van der Waals surface area contributed by atoms with E-state index in [1.807, 2.05) is 24.3 Å². The van der Waals surface area contributed by atoms with Crippen LogP contribution in [-0.4, -0.2) is 17.0 Å². The summed E-state index contributed by atoms with van der Waals surface area (Å²) in [6, 6.07) is 7.60. The maximum Gasteiger partial charge on any atom is 0.417 e. The maximum absolute atomic E-state index is 10.9. The summed E-state index contributed by atoms with van der Waals surface area (Å²) in [7, 11) is 0. The summed E-state index contributed by atoms with van der Waals surface area (Å²) in [6.45, 7) is 0. The Morgan fingerprint density at radius 3 is 2.80 bits per heavy atom. The topological polar surface area (TPSA) is 63.6 Å². The normalized spacial score (nSPS) is 18.3. The van der Waals surface area contributed by atoms with Gasteiger partial charge >= 0.3 is 11.9 Å². The van der Waals surface area contributed by atoms with Crippen molar-refractivity contribution in [1.82, 2.24) is 0 Å². The lowest BCUT2D eigenvalue weighted by Crippen LogP contribution is -2.18. The summed E-state index contributed by atoms with van der Waals surface area (Å²) in [5, 5.41) is 8.42. The molecule has 2 rings (SSSR count). The molecule has 1 aromatic carbocycles. The summed E-state index contributed by atoms with van der Waals surface area (Å²) >= 11 is 0. The van der Waals surface area contributed by atoms with Crippen LogP contribution in [0.1, 0.15) is 23.7 Å². The quantitative estimate of drug-likeness (QED) is 0.555. The molecule has 0 saturated heterocycles. The number of carbonyl (C=O) groups excluding carboxylic acids is 1. The van der Waals surface area contributed by atoms with Crippen molar-refractivity contribution in [3.63, 3.8) is 0 Å². The molecule has 0 spiro atoms. The molecule has 0 aromatic heterocycles. The van der Waals surface area contributed by atoms with Crippen molar-refractivity contribution in [1.29, 1.82) is 0 Å². The zero-order valence-corrected chi connectivity index (χ0v) is 7.97. The number of ether oxygens (including phenoxy) is 1. The predicted octanol–water partition coefficient (Wildman–Crippen LogP) is 1.30. The minimum absolute atomic E-state index is 0.398. The highest BCUT2D eigenvalue weighted by molar-refractivity contribution is 6.28. The highest BCUT2D eigenvalue weighted by Gasteiger charge is 2.27. The monoisotopic (exact) mass is 206 g/mol. The lowest BCUT2D eigenvalue weighted by Gasteiger charge is -2.10. The van der Waals surface area contributed by atoms with E-state index in [-0.39, 0.29) is 0 Å². The third-order valence-electron chi connectivity index (χ3n) is 2.50. The van der Waals surface area contributed by atoms with Crippen molar-refractivity contribution < 1.29 is 19.4 Å². The molecule has 1 aliphatic rings. The van der Waals surface area contributed by atoms with Crippen molar-refractivity contribution >= 4 is 11.9 Å². The number of rotatable bonds is 1. The lowest BCUT2D eigenvalue weighted by molar-refractivity contribution is -0.167. The van der Waals surface area contributed by atoms with E-state index in [4.69, 9.17) is 9.84 Å². The molecular weight excluding hydrogens is 196 g/mol. The Morgan fingerprint density at radius 1 is 1.33 bits per heavy atom. The summed E-state index contributed by atoms with van der Waals surface area (Å²) < 4.78 is 4.86. The lowest BCUT2D eigenvalue weighted by atomic mass is 10.1. The Bertz CT molecular complexity index is 411. The molecule has 4 nitrogen and oxygen atoms in total. The standard InChI is InChI=1S/C11H10O4/c12-10(13)11(14)15-9-6-5-7-3-1-2-4-8(7)9/h1-4,9H,5-6H2,(H,12,13). The molecule has 0 aliphatic heterocycles. The summed E-state index contributed by atoms with van der Waals surface area (Å²) in [6.07, 6.45) is 1.09. The van der Waals surface area contributed by atoms with Gasteiger partial charge in [-0.2, -0.15) is 0 Å². The van der Waals surface area contributed by atoms with E-state index >= 15 is 0 Å². The van der Waals surface area contributed by atoms with E-state index < -0.39 is 18.0 Å². The molecule has 1 aliphatic carbocycles. The van der Waals surface area contributed by atoms with Gasteiger partial charge in [-0.3, -0.25) is 0 Å². The van der Waals surface area contributed by atoms with Gasteiger partial charge in [0.05, 0.1) is 0 Å². The molecule has 78 valence electrons. The minimum Gasteiger partial charge on any atom is -0.473 e. The van der Waals surface area contributed by atoms with E-state index in [9.17, 15) is 9.59 Å². The van der Waals surface area contributed by atoms with Gasteiger partial charge in [0, 0.05) is 0 Å². The van der Waals surface area contributed by atoms with Crippen LogP contribution < -0.4 is 0 Å². The van der Waals surface area contributed by atoms with Gasteiger partial charge in [0.25, 0.3) is 0 Å². The fourth-order valence-corrected chi connectivity index (χ4v) is 1.82. The number of aryl methyl sites for hydroxylation is 1. The average molecular weight is 206 g/mol. The molecule has 0 heterocycles. The molecule has 0 bridgehead atoms. The van der Waals surface area contributed by atoms with Gasteiger partial charge in [-0.05, 0) is 24.0 Å². The van der Waals surface area contributed by atoms with E-state index in [2.05, 4.69) is 0 Å². The Balaban J connectivity index is 2.14. The van der Waals surface area contributed by atoms with Gasteiger partial charge in [-0.1, -0.05) is 24.3 Å². The minimum atomic E-state index is -1.54. The number of aliphatic carboxylic acids is 1. The van der Waals surface area contributed by atoms with Crippen molar-refractivity contribution in [2.24, 2.45) is 0 Å². The van der Waals surface area contributed by atoms with Gasteiger partial charge in [0.2, 0.25) is 0 Å². The Kier molecular flexibility index (Phi) is 2.41. The highest BCUT2D eigenvalue weighted by Crippen LogP contribution is 2.33. The summed E-state index contributed by atoms with van der Waals surface area (Å²) in [5.41, 5.74) is 2.05. The summed E-state index contributed by atoms with van der Waals surface area (Å²) in [5.74, 6) is -2.73. The molecule has 15 heavy (non-hydrogen) atoms. The molecule has 0 amide bonds. The number of carboxylic acids is 1. The molecular formula is C11H10O4. The van der Waals surface area contributed by atoms with Crippen LogP contribution in [0.4, 0.5) is 0 Å². The first-order valence-electron chi connectivity index (χ1n) is 4.70. The van der Waals surface area contributed by atoms with Crippen LogP contribution in [0.15, 0.2) is 24.3 Å². The Hall–Kier alpha value is -1.84. The largest absolute Gasteiger partial charge is 0.473 e. The zero-order chi connectivity index (χ0) is 10.8. The number of fused-ring (bicyclic) bond motifs is 1. The van der Waals surface area contributed by atoms with E-state index in [0.717, 1.165) is 17.5 Å². The van der Waals surface area contributed by atoms with E-state index in [1.165, 1.54) is 0 Å². The van der Waals surface area contributed by atoms with Gasteiger partial charge < -0.3 is 9.84 Å². The SMILES string of the molecule is O=C(O)C(=O)OC1CCc2ccccc21. The number of hydrogen-bond acceptors (Lipinski definition) is 3. The van der Waals surface area contributed by atoms with Crippen LogP contribution in [0.3, 0.4) is 0 Å². The van der Waals surface area contributed by atoms with Crippen LogP contribution in [0.5, 0.6) is 0 Å². The molecule has 0 saturated carbocycles. The highest BCUT2D eigenvalue weighted by atomic mass is 16.6. The second kappa shape index (κ2) is 3.73. The number of hydrogen-bond donors (Lipinski definition) is 1. The first-order valence-corrected chi connectivity index (χ1v) is 4.70. The van der Waals surface area contributed by atoms with E-state index in [1.54, 1.807) is 0 Å². The van der Waals surface area contributed by atoms with Crippen LogP contribution in [-0.2, 0) is 20.7 Å². The van der Waals surface area contributed by atoms with Gasteiger partial charge in [-0.15, -0.1) is 0 Å². The third-order valence-corrected chi connectivity index (χ3v) is 2.50. The third kappa shape index (κ3) is 1.83. The molecule has 1 aromatic rings. The fraction of sp³-hybridized carbons (Fsp3) is 0.273. The number of benzene rings is 1. The second-order valence-electron chi connectivity index (χ2n) is 3.44. The molecule has 1 atom stereocenters. The van der Waals surface area contributed by atoms with Crippen LogP contribution in [0.2, 0.25) is 0 Å². The Labute approximate surface area is 86.5 Å². The van der Waals surface area contributed by atoms with Crippen molar-refractivity contribution in [2.75, 3.05) is 0 Å². The van der Waals surface area contributed by atoms with E-state index in [0.29, 0.717) is 6.42 Å². The number of carbonyl (C=O) groups is 2. The molecule has 1 unspecified atom stereocenters. The molecule has 1 N–H and O–H groups in total. The maximum atomic E-state index is 10.9. The van der Waals surface area contributed by atoms with Gasteiger partial charge in [0.1, 0.15) is 6.10 Å². The van der Waals surface area contributed by atoms with Crippen LogP contribution in [0, 0.1) is 0 Å². The first-order chi connectivity index (χ1) is 7.18. The number of carboxylic acid groups (broad SMARTS) is 1. The van der Waals surface area contributed by atoms with Crippen LogP contribution >= 0.6 is 0 Å². The smallest absolute Gasteiger partial charge is 0.417 e. The molecule has 4 heteroatoms. The fourth-order valence-electron chi connectivity index (χ4n) is 1.82. The van der Waals surface area contributed by atoms with Gasteiger partial charge in [-0.25, -0.2) is 9.59 Å². The summed E-state index contributed by atoms with van der Waals surface area (Å²) in [4.78, 5) is 21.2. The van der Waals surface area contributed by atoms with Gasteiger partial charge in [0.15, 0.2) is 0 Å². The molecule has 0 radical (unpaired) electrons. The second-order valence-corrected chi connectivity index (χ2v) is 3.44. The van der Waals surface area contributed by atoms with Crippen LogP contribution in [0.25, 0.3) is 0 Å². The predicted molar refractivity (Wildman–Crippen MR) is 51.2 cm³/mol. The average Bonchev–Trinajstić information content (AvgIpc) is 2.62. The van der Waals surface area contributed by atoms with Crippen molar-refractivity contribution in [2.45, 2.75) is 18.9 Å². The first kappa shape index (κ1) is 9.71. The zero-order valence-electron chi connectivity index (χ0n) is 7.97. The Morgan fingerprint density at radius 2 is 2.07 bits per heavy atom. The van der Waals surface area contributed by atoms with Crippen molar-refractivity contribution in [3.8, 4) is 0 Å². The molecule has 0 fully saturated rings.